The van der Waals surface area contributed by atoms with Gasteiger partial charge in [0, 0.05) is 38.7 Å². The summed E-state index contributed by atoms with van der Waals surface area (Å²) in [4.78, 5) is 4.45. The van der Waals surface area contributed by atoms with Crippen molar-refractivity contribution in [1.29, 1.82) is 5.26 Å². The van der Waals surface area contributed by atoms with Crippen molar-refractivity contribution in [1.82, 2.24) is 10.1 Å². The molecule has 0 bridgehead atoms. The van der Waals surface area contributed by atoms with E-state index >= 15 is 0 Å². The zero-order valence-electron chi connectivity index (χ0n) is 11.7. The first-order chi connectivity index (χ1) is 10.3. The molecule has 0 amide bonds. The van der Waals surface area contributed by atoms with Crippen LogP contribution in [0.3, 0.4) is 0 Å². The van der Waals surface area contributed by atoms with Crippen molar-refractivity contribution in [2.45, 2.75) is 18.4 Å². The van der Waals surface area contributed by atoms with Gasteiger partial charge in [0.05, 0.1) is 11.6 Å². The Morgan fingerprint density at radius 1 is 1.33 bits per heavy atom. The first-order valence-electron chi connectivity index (χ1n) is 6.75. The summed E-state index contributed by atoms with van der Waals surface area (Å²) in [7, 11) is 1.65. The third kappa shape index (κ3) is 2.53. The second kappa shape index (κ2) is 5.64. The first-order valence-corrected chi connectivity index (χ1v) is 6.75. The topological polar surface area (TPSA) is 81.2 Å². The molecule has 3 rings (SSSR count). The van der Waals surface area contributed by atoms with Crippen LogP contribution in [0.25, 0.3) is 11.5 Å². The first kappa shape index (κ1) is 13.7. The van der Waals surface area contributed by atoms with Gasteiger partial charge in [0.1, 0.15) is 5.60 Å². The van der Waals surface area contributed by atoms with Crippen molar-refractivity contribution in [2.75, 3.05) is 20.3 Å². The summed E-state index contributed by atoms with van der Waals surface area (Å²) in [5.41, 5.74) is 0.734. The molecule has 1 aliphatic heterocycles. The fraction of sp³-hybridized carbons (Fsp3) is 0.400. The van der Waals surface area contributed by atoms with Crippen molar-refractivity contribution in [3.05, 3.63) is 35.7 Å². The van der Waals surface area contributed by atoms with Gasteiger partial charge in [0.2, 0.25) is 5.82 Å². The summed E-state index contributed by atoms with van der Waals surface area (Å²) in [6.07, 6.45) is 1.39. The third-order valence-electron chi connectivity index (χ3n) is 3.76. The van der Waals surface area contributed by atoms with E-state index in [1.165, 1.54) is 0 Å². The number of hydrogen-bond acceptors (Lipinski definition) is 6. The number of methoxy groups -OCH3 is 1. The van der Waals surface area contributed by atoms with Gasteiger partial charge in [-0.2, -0.15) is 10.2 Å². The molecular formula is C15H15N3O3. The molecule has 1 fully saturated rings. The Bertz CT molecular complexity index is 669. The van der Waals surface area contributed by atoms with E-state index in [4.69, 9.17) is 19.3 Å². The monoisotopic (exact) mass is 285 g/mol. The van der Waals surface area contributed by atoms with Crippen LogP contribution in [0.15, 0.2) is 28.8 Å². The minimum absolute atomic E-state index is 0.394. The molecule has 1 saturated heterocycles. The highest BCUT2D eigenvalue weighted by atomic mass is 16.5. The molecule has 6 nitrogen and oxygen atoms in total. The summed E-state index contributed by atoms with van der Waals surface area (Å²) in [5.74, 6) is 0.927. The summed E-state index contributed by atoms with van der Waals surface area (Å²) < 4.78 is 16.3. The van der Waals surface area contributed by atoms with E-state index in [-0.39, 0.29) is 0 Å². The van der Waals surface area contributed by atoms with Gasteiger partial charge < -0.3 is 14.0 Å². The Morgan fingerprint density at radius 3 is 2.86 bits per heavy atom. The molecule has 1 aliphatic rings. The third-order valence-corrected chi connectivity index (χ3v) is 3.76. The number of rotatable bonds is 3. The highest BCUT2D eigenvalue weighted by molar-refractivity contribution is 5.56. The van der Waals surface area contributed by atoms with Crippen LogP contribution in [-0.4, -0.2) is 30.5 Å². The van der Waals surface area contributed by atoms with Crippen molar-refractivity contribution >= 4 is 0 Å². The van der Waals surface area contributed by atoms with Crippen molar-refractivity contribution < 1.29 is 14.0 Å². The average molecular weight is 285 g/mol. The Kier molecular flexibility index (Phi) is 3.69. The minimum Gasteiger partial charge on any atom is -0.381 e. The van der Waals surface area contributed by atoms with Gasteiger partial charge in [-0.1, -0.05) is 11.2 Å². The summed E-state index contributed by atoms with van der Waals surface area (Å²) in [6.45, 7) is 1.23. The smallest absolute Gasteiger partial charge is 0.258 e. The van der Waals surface area contributed by atoms with Gasteiger partial charge in [-0.15, -0.1) is 0 Å². The van der Waals surface area contributed by atoms with E-state index in [1.54, 1.807) is 25.3 Å². The molecule has 108 valence electrons. The second-order valence-corrected chi connectivity index (χ2v) is 4.93. The zero-order valence-corrected chi connectivity index (χ0v) is 11.7. The van der Waals surface area contributed by atoms with Crippen LogP contribution < -0.4 is 0 Å². The highest BCUT2D eigenvalue weighted by Crippen LogP contribution is 2.34. The molecule has 21 heavy (non-hydrogen) atoms. The molecule has 6 heteroatoms. The van der Waals surface area contributed by atoms with Gasteiger partial charge in [-0.05, 0) is 18.2 Å². The quantitative estimate of drug-likeness (QED) is 0.860. The van der Waals surface area contributed by atoms with Crippen LogP contribution in [-0.2, 0) is 15.1 Å². The average Bonchev–Trinajstić information content (AvgIpc) is 3.06. The van der Waals surface area contributed by atoms with Crippen molar-refractivity contribution in [3.8, 4) is 17.5 Å². The lowest BCUT2D eigenvalue weighted by Crippen LogP contribution is -2.36. The van der Waals surface area contributed by atoms with E-state index < -0.39 is 5.60 Å². The van der Waals surface area contributed by atoms with E-state index in [0.29, 0.717) is 43.3 Å². The van der Waals surface area contributed by atoms with E-state index in [0.717, 1.165) is 5.56 Å². The molecule has 2 heterocycles. The van der Waals surface area contributed by atoms with Gasteiger partial charge in [0.25, 0.3) is 5.89 Å². The molecule has 0 atom stereocenters. The normalized spacial score (nSPS) is 17.3. The lowest BCUT2D eigenvalue weighted by molar-refractivity contribution is -0.101. The number of ether oxygens (including phenoxy) is 2. The van der Waals surface area contributed by atoms with Crippen LogP contribution in [0.4, 0.5) is 0 Å². The number of nitrogens with zero attached hydrogens (tertiary/aromatic N) is 3. The molecule has 0 radical (unpaired) electrons. The molecule has 0 spiro atoms. The lowest BCUT2D eigenvalue weighted by Gasteiger charge is -2.32. The molecule has 0 N–H and O–H groups in total. The number of benzene rings is 1. The Morgan fingerprint density at radius 2 is 2.14 bits per heavy atom. The molecule has 1 aromatic heterocycles. The van der Waals surface area contributed by atoms with Crippen LogP contribution >= 0.6 is 0 Å². The molecular weight excluding hydrogens is 270 g/mol. The molecule has 2 aromatic rings. The number of aromatic nitrogens is 2. The van der Waals surface area contributed by atoms with Crippen LogP contribution in [0.5, 0.6) is 0 Å². The van der Waals surface area contributed by atoms with Gasteiger partial charge in [-0.25, -0.2) is 0 Å². The lowest BCUT2D eigenvalue weighted by atomic mass is 9.93. The van der Waals surface area contributed by atoms with Gasteiger partial charge >= 0.3 is 0 Å². The van der Waals surface area contributed by atoms with Crippen LogP contribution in [0.2, 0.25) is 0 Å². The minimum atomic E-state index is -0.549. The molecule has 0 aliphatic carbocycles. The summed E-state index contributed by atoms with van der Waals surface area (Å²) in [6, 6.07) is 9.17. The summed E-state index contributed by atoms with van der Waals surface area (Å²) in [5, 5.41) is 13.0. The molecule has 0 unspecified atom stereocenters. The molecule has 1 aromatic carbocycles. The SMILES string of the molecule is COC1(c2noc(-c3cccc(C#N)c3)n2)CCOCC1. The van der Waals surface area contributed by atoms with E-state index in [9.17, 15) is 0 Å². The van der Waals surface area contributed by atoms with Gasteiger partial charge in [-0.3, -0.25) is 0 Å². The number of nitriles is 1. The Labute approximate surface area is 122 Å². The fourth-order valence-corrected chi connectivity index (χ4v) is 2.47. The number of hydrogen-bond donors (Lipinski definition) is 0. The van der Waals surface area contributed by atoms with E-state index in [2.05, 4.69) is 16.2 Å². The fourth-order valence-electron chi connectivity index (χ4n) is 2.47. The second-order valence-electron chi connectivity index (χ2n) is 4.93. The van der Waals surface area contributed by atoms with Crippen molar-refractivity contribution in [3.63, 3.8) is 0 Å². The van der Waals surface area contributed by atoms with E-state index in [1.807, 2.05) is 6.07 Å². The summed E-state index contributed by atoms with van der Waals surface area (Å²) >= 11 is 0. The van der Waals surface area contributed by atoms with Crippen LogP contribution in [0.1, 0.15) is 24.2 Å². The largest absolute Gasteiger partial charge is 0.381 e. The van der Waals surface area contributed by atoms with Gasteiger partial charge in [0.15, 0.2) is 0 Å². The highest BCUT2D eigenvalue weighted by Gasteiger charge is 2.39. The Hall–Kier alpha value is -2.23. The maximum Gasteiger partial charge on any atom is 0.258 e. The zero-order chi connectivity index (χ0) is 14.7. The standard InChI is InChI=1S/C15H15N3O3/c1-19-15(5-7-20-8-6-15)14-17-13(21-18-14)12-4-2-3-11(9-12)10-16/h2-4,9H,5-8H2,1H3. The predicted octanol–water partition coefficient (Wildman–Crippen LogP) is 2.26. The maximum absolute atomic E-state index is 8.95. The maximum atomic E-state index is 8.95. The van der Waals surface area contributed by atoms with Crippen molar-refractivity contribution in [2.24, 2.45) is 0 Å². The Balaban J connectivity index is 1.94. The molecule has 0 saturated carbocycles. The predicted molar refractivity (Wildman–Crippen MR) is 73.2 cm³/mol. The van der Waals surface area contributed by atoms with Crippen LogP contribution in [0, 0.1) is 11.3 Å².